The summed E-state index contributed by atoms with van der Waals surface area (Å²) < 4.78 is 2.51. The van der Waals surface area contributed by atoms with Crippen molar-refractivity contribution >= 4 is 33.6 Å². The molecule has 0 amide bonds. The molecule has 0 aliphatic carbocycles. The minimum absolute atomic E-state index is 0.487. The van der Waals surface area contributed by atoms with Gasteiger partial charge in [-0.3, -0.25) is 0 Å². The first kappa shape index (κ1) is 28.7. The molecule has 1 atom stereocenters. The Morgan fingerprint density at radius 1 is 0.412 bits per heavy atom. The maximum Gasteiger partial charge on any atom is 0.0764 e. The summed E-state index contributed by atoms with van der Waals surface area (Å²) in [6.07, 6.45) is 0. The van der Waals surface area contributed by atoms with Gasteiger partial charge in [0.05, 0.1) is 33.5 Å². The summed E-state index contributed by atoms with van der Waals surface area (Å²) in [7, 11) is 0. The van der Waals surface area contributed by atoms with E-state index in [0.29, 0.717) is 0 Å². The molecule has 2 nitrogen and oxygen atoms in total. The Labute approximate surface area is 300 Å². The van der Waals surface area contributed by atoms with E-state index in [1.807, 2.05) is 11.8 Å². The van der Waals surface area contributed by atoms with Gasteiger partial charge in [-0.2, -0.15) is 0 Å². The first-order valence-electron chi connectivity index (χ1n) is 17.5. The summed E-state index contributed by atoms with van der Waals surface area (Å²) in [6, 6.07) is 66.6. The molecule has 2 aliphatic rings. The molecule has 3 heteroatoms. The zero-order valence-corrected chi connectivity index (χ0v) is 28.4. The molecule has 7 aromatic carbocycles. The van der Waals surface area contributed by atoms with Gasteiger partial charge in [0.2, 0.25) is 0 Å². The van der Waals surface area contributed by atoms with Crippen molar-refractivity contribution in [3.05, 3.63) is 204 Å². The molecule has 2 aliphatic heterocycles. The molecular weight excluding hydrogens is 637 g/mol. The minimum atomic E-state index is -0.487. The van der Waals surface area contributed by atoms with Gasteiger partial charge in [0.25, 0.3) is 0 Å². The van der Waals surface area contributed by atoms with Crippen LogP contribution < -0.4 is 0 Å². The lowest BCUT2D eigenvalue weighted by atomic mass is 9.62. The van der Waals surface area contributed by atoms with Crippen LogP contribution in [0.3, 0.4) is 0 Å². The molecule has 1 spiro atoms. The van der Waals surface area contributed by atoms with Gasteiger partial charge in [-0.05, 0) is 69.8 Å². The Kier molecular flexibility index (Phi) is 6.14. The molecule has 0 saturated heterocycles. The van der Waals surface area contributed by atoms with Crippen LogP contribution in [0.4, 0.5) is 0 Å². The van der Waals surface area contributed by atoms with Crippen molar-refractivity contribution < 1.29 is 0 Å². The number of benzene rings is 7. The van der Waals surface area contributed by atoms with Gasteiger partial charge in [0, 0.05) is 31.7 Å². The zero-order chi connectivity index (χ0) is 33.5. The van der Waals surface area contributed by atoms with Crippen LogP contribution in [-0.4, -0.2) is 9.55 Å². The van der Waals surface area contributed by atoms with Gasteiger partial charge in [0.1, 0.15) is 0 Å². The average molecular weight is 667 g/mol. The summed E-state index contributed by atoms with van der Waals surface area (Å²) in [5.41, 5.74) is 15.1. The second-order valence-corrected chi connectivity index (χ2v) is 14.6. The highest BCUT2D eigenvalue weighted by Gasteiger charge is 2.49. The number of para-hydroxylation sites is 3. The fourth-order valence-electron chi connectivity index (χ4n) is 8.72. The number of hydrogen-bond donors (Lipinski definition) is 0. The van der Waals surface area contributed by atoms with Crippen LogP contribution in [0.1, 0.15) is 22.3 Å². The predicted molar refractivity (Wildman–Crippen MR) is 211 cm³/mol. The SMILES string of the molecule is c1ccc(-c2cc(-c3ccc4c(c3)Sc3ccccc3C43c4ccccc4-n4c5ccccc5c5cccc3c54)cc(-c3ccccc3)n2)cc1. The quantitative estimate of drug-likeness (QED) is 0.187. The van der Waals surface area contributed by atoms with Crippen LogP contribution >= 0.6 is 11.8 Å². The number of aromatic nitrogens is 2. The van der Waals surface area contributed by atoms with E-state index >= 15 is 0 Å². The van der Waals surface area contributed by atoms with Gasteiger partial charge in [0.15, 0.2) is 0 Å². The second kappa shape index (κ2) is 10.9. The van der Waals surface area contributed by atoms with Crippen LogP contribution in [-0.2, 0) is 5.41 Å². The average Bonchev–Trinajstić information content (AvgIpc) is 3.55. The molecule has 2 aromatic heterocycles. The summed E-state index contributed by atoms with van der Waals surface area (Å²) in [4.78, 5) is 7.74. The van der Waals surface area contributed by atoms with Crippen molar-refractivity contribution in [2.75, 3.05) is 0 Å². The highest BCUT2D eigenvalue weighted by atomic mass is 32.2. The van der Waals surface area contributed by atoms with Crippen molar-refractivity contribution in [1.82, 2.24) is 9.55 Å². The normalized spacial score (nSPS) is 15.5. The van der Waals surface area contributed by atoms with Crippen LogP contribution in [0.15, 0.2) is 192 Å². The summed E-state index contributed by atoms with van der Waals surface area (Å²) in [5, 5.41) is 2.58. The maximum atomic E-state index is 5.16. The first-order valence-corrected chi connectivity index (χ1v) is 18.3. The third kappa shape index (κ3) is 4.04. The van der Waals surface area contributed by atoms with E-state index in [1.165, 1.54) is 65.1 Å². The van der Waals surface area contributed by atoms with Crippen molar-refractivity contribution in [1.29, 1.82) is 0 Å². The van der Waals surface area contributed by atoms with Crippen molar-refractivity contribution in [2.45, 2.75) is 15.2 Å². The molecular formula is C48H30N2S. The van der Waals surface area contributed by atoms with Crippen molar-refractivity contribution in [3.8, 4) is 39.3 Å². The number of nitrogens with zero attached hydrogens (tertiary/aromatic N) is 2. The molecule has 9 aromatic rings. The lowest BCUT2D eigenvalue weighted by Gasteiger charge is -2.45. The van der Waals surface area contributed by atoms with Crippen LogP contribution in [0.2, 0.25) is 0 Å². The van der Waals surface area contributed by atoms with Crippen molar-refractivity contribution in [3.63, 3.8) is 0 Å². The van der Waals surface area contributed by atoms with Gasteiger partial charge >= 0.3 is 0 Å². The molecule has 1 unspecified atom stereocenters. The molecule has 0 fully saturated rings. The fourth-order valence-corrected chi connectivity index (χ4v) is 9.95. The highest BCUT2D eigenvalue weighted by molar-refractivity contribution is 7.99. The predicted octanol–water partition coefficient (Wildman–Crippen LogP) is 12.3. The summed E-state index contributed by atoms with van der Waals surface area (Å²) in [6.45, 7) is 0. The molecule has 0 bridgehead atoms. The third-order valence-electron chi connectivity index (χ3n) is 10.8. The lowest BCUT2D eigenvalue weighted by molar-refractivity contribution is 0.690. The Bertz CT molecular complexity index is 2780. The van der Waals surface area contributed by atoms with Gasteiger partial charge < -0.3 is 4.57 Å². The molecule has 0 N–H and O–H groups in total. The first-order chi connectivity index (χ1) is 25.3. The third-order valence-corrected chi connectivity index (χ3v) is 12.0. The second-order valence-electron chi connectivity index (χ2n) is 13.5. The summed E-state index contributed by atoms with van der Waals surface area (Å²) in [5.74, 6) is 0. The fraction of sp³-hybridized carbons (Fsp3) is 0.0208. The van der Waals surface area contributed by atoms with Gasteiger partial charge in [-0.15, -0.1) is 0 Å². The smallest absolute Gasteiger partial charge is 0.0764 e. The zero-order valence-electron chi connectivity index (χ0n) is 27.6. The molecule has 51 heavy (non-hydrogen) atoms. The Balaban J connectivity index is 1.20. The van der Waals surface area contributed by atoms with Gasteiger partial charge in [-0.25, -0.2) is 4.98 Å². The maximum absolute atomic E-state index is 5.16. The molecule has 0 radical (unpaired) electrons. The monoisotopic (exact) mass is 666 g/mol. The van der Waals surface area contributed by atoms with E-state index in [4.69, 9.17) is 4.98 Å². The van der Waals surface area contributed by atoms with Crippen molar-refractivity contribution in [2.24, 2.45) is 0 Å². The topological polar surface area (TPSA) is 17.8 Å². The number of hydrogen-bond acceptors (Lipinski definition) is 2. The minimum Gasteiger partial charge on any atom is -0.309 e. The Morgan fingerprint density at radius 2 is 1.02 bits per heavy atom. The lowest BCUT2D eigenvalue weighted by Crippen LogP contribution is -2.37. The van der Waals surface area contributed by atoms with E-state index in [9.17, 15) is 0 Å². The van der Waals surface area contributed by atoms with E-state index in [0.717, 1.165) is 28.1 Å². The number of rotatable bonds is 3. The summed E-state index contributed by atoms with van der Waals surface area (Å²) >= 11 is 1.89. The van der Waals surface area contributed by atoms with Crippen LogP contribution in [0, 0.1) is 0 Å². The molecule has 0 saturated carbocycles. The Hall–Kier alpha value is -6.16. The highest BCUT2D eigenvalue weighted by Crippen LogP contribution is 2.60. The largest absolute Gasteiger partial charge is 0.309 e. The molecule has 11 rings (SSSR count). The van der Waals surface area contributed by atoms with Crippen LogP contribution in [0.25, 0.3) is 61.1 Å². The molecule has 238 valence electrons. The number of fused-ring (bicyclic) bond motifs is 11. The van der Waals surface area contributed by atoms with E-state index in [1.54, 1.807) is 0 Å². The van der Waals surface area contributed by atoms with E-state index in [2.05, 4.69) is 187 Å². The standard InChI is InChI=1S/C48H30N2S/c1-3-14-31(15-4-1)41-28-34(29-42(49-41)32-16-5-2-6-17-32)33-26-27-39-46(30-33)51-45-25-12-9-21-38(45)48(39)37-20-8-11-24-44(37)50-43-23-10-7-18-35(43)36-19-13-22-40(48)47(36)50/h1-30H. The van der Waals surface area contributed by atoms with Gasteiger partial charge in [-0.1, -0.05) is 157 Å². The van der Waals surface area contributed by atoms with Crippen LogP contribution in [0.5, 0.6) is 0 Å². The van der Waals surface area contributed by atoms with E-state index < -0.39 is 5.41 Å². The Morgan fingerprint density at radius 3 is 1.80 bits per heavy atom. The number of pyridine rings is 1. The van der Waals surface area contributed by atoms with E-state index in [-0.39, 0.29) is 0 Å². The molecule has 4 heterocycles.